The van der Waals surface area contributed by atoms with Crippen LogP contribution >= 0.6 is 0 Å². The molecule has 1 amide bonds. The maximum Gasteiger partial charge on any atom is 0.295 e. The van der Waals surface area contributed by atoms with E-state index in [0.717, 1.165) is 17.5 Å². The quantitative estimate of drug-likeness (QED) is 0.288. The van der Waals surface area contributed by atoms with E-state index in [1.54, 1.807) is 48.8 Å². The first-order valence-electron chi connectivity index (χ1n) is 11.5. The van der Waals surface area contributed by atoms with Crippen LogP contribution in [0, 0.1) is 6.92 Å². The number of aliphatic hydroxyl groups is 1. The maximum atomic E-state index is 13.3. The molecule has 1 aliphatic heterocycles. The van der Waals surface area contributed by atoms with Gasteiger partial charge in [-0.3, -0.25) is 14.6 Å². The van der Waals surface area contributed by atoms with Gasteiger partial charge in [-0.15, -0.1) is 0 Å². The Kier molecular flexibility index (Phi) is 7.15. The second kappa shape index (κ2) is 10.4. The molecule has 4 rings (SSSR count). The van der Waals surface area contributed by atoms with E-state index in [1.165, 1.54) is 12.0 Å². The van der Waals surface area contributed by atoms with Gasteiger partial charge in [0.05, 0.1) is 25.3 Å². The highest BCUT2D eigenvalue weighted by Gasteiger charge is 2.47. The van der Waals surface area contributed by atoms with Gasteiger partial charge in [0.2, 0.25) is 0 Å². The highest BCUT2D eigenvalue weighted by atomic mass is 16.5. The molecule has 2 aromatic carbocycles. The number of ether oxygens (including phenoxy) is 2. The Balaban J connectivity index is 1.85. The van der Waals surface area contributed by atoms with Crippen molar-refractivity contribution >= 4 is 17.4 Å². The number of Topliss-reactive ketones (excluding diaryl/α,β-unsaturated/α-hetero) is 1. The number of aryl methyl sites for hydroxylation is 1. The molecule has 7 heteroatoms. The highest BCUT2D eigenvalue weighted by molar-refractivity contribution is 6.46. The lowest BCUT2D eigenvalue weighted by atomic mass is 9.94. The van der Waals surface area contributed by atoms with Crippen molar-refractivity contribution in [1.82, 2.24) is 9.88 Å². The molecule has 35 heavy (non-hydrogen) atoms. The van der Waals surface area contributed by atoms with E-state index < -0.39 is 17.7 Å². The largest absolute Gasteiger partial charge is 0.507 e. The van der Waals surface area contributed by atoms with Gasteiger partial charge in [-0.25, -0.2) is 0 Å². The van der Waals surface area contributed by atoms with Crippen molar-refractivity contribution in [2.45, 2.75) is 32.9 Å². The summed E-state index contributed by atoms with van der Waals surface area (Å²) in [4.78, 5) is 32.1. The number of amides is 1. The van der Waals surface area contributed by atoms with E-state index in [-0.39, 0.29) is 17.9 Å². The van der Waals surface area contributed by atoms with Gasteiger partial charge in [0.15, 0.2) is 0 Å². The van der Waals surface area contributed by atoms with Crippen LogP contribution in [0.3, 0.4) is 0 Å². The number of ketones is 1. The third-order valence-corrected chi connectivity index (χ3v) is 5.96. The van der Waals surface area contributed by atoms with Gasteiger partial charge in [0, 0.05) is 30.1 Å². The van der Waals surface area contributed by atoms with Crippen LogP contribution in [0.1, 0.15) is 41.6 Å². The standard InChI is InChI=1S/C28H28N2O5/c1-4-14-35-22-12-11-20(15-18(22)2)26(31)24-25(21-9-5-6-10-23(21)34-3)30(28(33)27(24)32)17-19-8-7-13-29-16-19/h5-13,15-16,25,31H,4,14,17H2,1-3H3/b26-24+. The van der Waals surface area contributed by atoms with Crippen LogP contribution in [-0.2, 0) is 16.1 Å². The minimum absolute atomic E-state index is 0.0185. The first-order chi connectivity index (χ1) is 17.0. The molecule has 1 aromatic heterocycles. The fraction of sp³-hybridized carbons (Fsp3) is 0.250. The van der Waals surface area contributed by atoms with Crippen molar-refractivity contribution in [3.63, 3.8) is 0 Å². The fourth-order valence-electron chi connectivity index (χ4n) is 4.27. The number of rotatable bonds is 8. The van der Waals surface area contributed by atoms with Gasteiger partial charge in [-0.2, -0.15) is 0 Å². The maximum absolute atomic E-state index is 13.3. The number of carbonyl (C=O) groups excluding carboxylic acids is 2. The Hall–Kier alpha value is -4.13. The summed E-state index contributed by atoms with van der Waals surface area (Å²) in [7, 11) is 1.53. The number of benzene rings is 2. The number of carbonyl (C=O) groups is 2. The van der Waals surface area contributed by atoms with Gasteiger partial charge in [-0.05, 0) is 54.8 Å². The molecule has 1 unspecified atom stereocenters. The second-order valence-electron chi connectivity index (χ2n) is 8.36. The monoisotopic (exact) mass is 472 g/mol. The van der Waals surface area contributed by atoms with E-state index >= 15 is 0 Å². The number of pyridine rings is 1. The molecule has 7 nitrogen and oxygen atoms in total. The topological polar surface area (TPSA) is 89.0 Å². The lowest BCUT2D eigenvalue weighted by Crippen LogP contribution is -2.29. The zero-order chi connectivity index (χ0) is 24.9. The van der Waals surface area contributed by atoms with Crippen molar-refractivity contribution in [2.75, 3.05) is 13.7 Å². The molecule has 3 aromatic rings. The number of methoxy groups -OCH3 is 1. The van der Waals surface area contributed by atoms with Crippen LogP contribution in [0.2, 0.25) is 0 Å². The van der Waals surface area contributed by atoms with Crippen LogP contribution in [0.4, 0.5) is 0 Å². The minimum atomic E-state index is -0.831. The Bertz CT molecular complexity index is 1270. The van der Waals surface area contributed by atoms with Gasteiger partial charge < -0.3 is 19.5 Å². The van der Waals surface area contributed by atoms with Gasteiger partial charge in [0.1, 0.15) is 17.3 Å². The first kappa shape index (κ1) is 24.0. The molecule has 1 N–H and O–H groups in total. The number of hydrogen-bond acceptors (Lipinski definition) is 6. The molecule has 2 heterocycles. The number of nitrogens with zero attached hydrogens (tertiary/aromatic N) is 2. The molecular formula is C28H28N2O5. The smallest absolute Gasteiger partial charge is 0.295 e. The van der Waals surface area contributed by atoms with E-state index in [2.05, 4.69) is 4.98 Å². The third-order valence-electron chi connectivity index (χ3n) is 5.96. The van der Waals surface area contributed by atoms with E-state index in [9.17, 15) is 14.7 Å². The summed E-state index contributed by atoms with van der Waals surface area (Å²) in [5.74, 6) is -0.446. The Labute approximate surface area is 204 Å². The lowest BCUT2D eigenvalue weighted by Gasteiger charge is -2.26. The minimum Gasteiger partial charge on any atom is -0.507 e. The number of hydrogen-bond donors (Lipinski definition) is 1. The normalized spacial score (nSPS) is 17.0. The van der Waals surface area contributed by atoms with Gasteiger partial charge in [-0.1, -0.05) is 31.2 Å². The van der Waals surface area contributed by atoms with Crippen LogP contribution in [-0.4, -0.2) is 40.4 Å². The average Bonchev–Trinajstić information content (AvgIpc) is 3.12. The van der Waals surface area contributed by atoms with E-state index in [0.29, 0.717) is 29.2 Å². The van der Waals surface area contributed by atoms with Crippen molar-refractivity contribution in [2.24, 2.45) is 0 Å². The molecule has 0 saturated carbocycles. The predicted octanol–water partition coefficient (Wildman–Crippen LogP) is 4.81. The summed E-state index contributed by atoms with van der Waals surface area (Å²) in [6.07, 6.45) is 4.17. The zero-order valence-corrected chi connectivity index (χ0v) is 20.0. The first-order valence-corrected chi connectivity index (χ1v) is 11.5. The third kappa shape index (κ3) is 4.75. The van der Waals surface area contributed by atoms with Crippen LogP contribution < -0.4 is 9.47 Å². The fourth-order valence-corrected chi connectivity index (χ4v) is 4.27. The molecule has 1 aliphatic rings. The van der Waals surface area contributed by atoms with E-state index in [1.807, 2.05) is 32.0 Å². The average molecular weight is 473 g/mol. The van der Waals surface area contributed by atoms with Crippen molar-refractivity contribution in [3.8, 4) is 11.5 Å². The van der Waals surface area contributed by atoms with Crippen LogP contribution in [0.15, 0.2) is 72.6 Å². The summed E-state index contributed by atoms with van der Waals surface area (Å²) in [6, 6.07) is 15.2. The van der Waals surface area contributed by atoms with Gasteiger partial charge >= 0.3 is 0 Å². The molecule has 0 radical (unpaired) electrons. The van der Waals surface area contributed by atoms with Crippen molar-refractivity contribution < 1.29 is 24.2 Å². The Morgan fingerprint density at radius 1 is 1.09 bits per heavy atom. The zero-order valence-electron chi connectivity index (χ0n) is 20.0. The summed E-state index contributed by atoms with van der Waals surface area (Å²) in [5.41, 5.74) is 2.65. The lowest BCUT2D eigenvalue weighted by molar-refractivity contribution is -0.140. The van der Waals surface area contributed by atoms with Crippen molar-refractivity contribution in [1.29, 1.82) is 0 Å². The molecule has 180 valence electrons. The molecule has 1 fully saturated rings. The molecule has 0 aliphatic carbocycles. The Morgan fingerprint density at radius 2 is 1.89 bits per heavy atom. The molecular weight excluding hydrogens is 444 g/mol. The highest BCUT2D eigenvalue weighted by Crippen LogP contribution is 2.43. The molecule has 0 spiro atoms. The van der Waals surface area contributed by atoms with Crippen LogP contribution in [0.25, 0.3) is 5.76 Å². The molecule has 0 bridgehead atoms. The number of aliphatic hydroxyl groups excluding tert-OH is 1. The Morgan fingerprint density at radius 3 is 2.57 bits per heavy atom. The summed E-state index contributed by atoms with van der Waals surface area (Å²) < 4.78 is 11.3. The molecule has 1 atom stereocenters. The SMILES string of the molecule is CCCOc1ccc(/C(O)=C2\C(=O)C(=O)N(Cc3cccnc3)C2c2ccccc2OC)cc1C. The van der Waals surface area contributed by atoms with Crippen molar-refractivity contribution in [3.05, 3.63) is 94.8 Å². The number of para-hydroxylation sites is 1. The number of likely N-dealkylation sites (tertiary alicyclic amines) is 1. The predicted molar refractivity (Wildman–Crippen MR) is 132 cm³/mol. The summed E-state index contributed by atoms with van der Waals surface area (Å²) in [6.45, 7) is 4.64. The van der Waals surface area contributed by atoms with Gasteiger partial charge in [0.25, 0.3) is 11.7 Å². The summed E-state index contributed by atoms with van der Waals surface area (Å²) in [5, 5.41) is 11.4. The van der Waals surface area contributed by atoms with Crippen LogP contribution in [0.5, 0.6) is 11.5 Å². The van der Waals surface area contributed by atoms with E-state index in [4.69, 9.17) is 9.47 Å². The molecule has 1 saturated heterocycles. The number of aromatic nitrogens is 1. The summed E-state index contributed by atoms with van der Waals surface area (Å²) >= 11 is 0. The second-order valence-corrected chi connectivity index (χ2v) is 8.36.